The summed E-state index contributed by atoms with van der Waals surface area (Å²) in [6, 6.07) is 3.81. The maximum absolute atomic E-state index is 13.3. The fourth-order valence-corrected chi connectivity index (χ4v) is 2.18. The van der Waals surface area contributed by atoms with Crippen molar-refractivity contribution in [3.63, 3.8) is 0 Å². The van der Waals surface area contributed by atoms with Crippen molar-refractivity contribution in [3.8, 4) is 0 Å². The van der Waals surface area contributed by atoms with E-state index in [4.69, 9.17) is 4.74 Å². The SMILES string of the molecule is CC(C)COCCCNC(=O)Cn1cnc2ccc(F)cc2c1=O. The van der Waals surface area contributed by atoms with Gasteiger partial charge in [-0.15, -0.1) is 0 Å². The van der Waals surface area contributed by atoms with E-state index in [2.05, 4.69) is 24.1 Å². The molecule has 0 aliphatic rings. The lowest BCUT2D eigenvalue weighted by molar-refractivity contribution is -0.121. The van der Waals surface area contributed by atoms with E-state index in [1.165, 1.54) is 23.0 Å². The van der Waals surface area contributed by atoms with Crippen LogP contribution in [0.2, 0.25) is 0 Å². The van der Waals surface area contributed by atoms with Crippen LogP contribution in [-0.4, -0.2) is 35.2 Å². The first-order valence-electron chi connectivity index (χ1n) is 7.96. The minimum Gasteiger partial charge on any atom is -0.381 e. The van der Waals surface area contributed by atoms with Crippen LogP contribution in [0, 0.1) is 11.7 Å². The van der Waals surface area contributed by atoms with E-state index in [1.807, 2.05) is 0 Å². The van der Waals surface area contributed by atoms with Gasteiger partial charge in [-0.1, -0.05) is 13.8 Å². The van der Waals surface area contributed by atoms with E-state index in [9.17, 15) is 14.0 Å². The zero-order chi connectivity index (χ0) is 17.5. The molecule has 0 unspecified atom stereocenters. The van der Waals surface area contributed by atoms with Crippen LogP contribution < -0.4 is 10.9 Å². The van der Waals surface area contributed by atoms with Crippen molar-refractivity contribution in [1.29, 1.82) is 0 Å². The van der Waals surface area contributed by atoms with E-state index in [1.54, 1.807) is 0 Å². The summed E-state index contributed by atoms with van der Waals surface area (Å²) in [5.74, 6) is -0.319. The molecule has 0 fully saturated rings. The lowest BCUT2D eigenvalue weighted by Gasteiger charge is -2.09. The lowest BCUT2D eigenvalue weighted by Crippen LogP contribution is -2.33. The molecule has 1 heterocycles. The highest BCUT2D eigenvalue weighted by Crippen LogP contribution is 2.08. The number of fused-ring (bicyclic) bond motifs is 1. The van der Waals surface area contributed by atoms with Crippen LogP contribution in [0.25, 0.3) is 10.9 Å². The molecule has 0 saturated heterocycles. The first kappa shape index (κ1) is 18.1. The number of amides is 1. The Hall–Kier alpha value is -2.28. The van der Waals surface area contributed by atoms with Crippen LogP contribution in [0.1, 0.15) is 20.3 Å². The van der Waals surface area contributed by atoms with Crippen LogP contribution in [0.5, 0.6) is 0 Å². The van der Waals surface area contributed by atoms with E-state index in [-0.39, 0.29) is 17.8 Å². The second-order valence-corrected chi connectivity index (χ2v) is 6.01. The fraction of sp³-hybridized carbons (Fsp3) is 0.471. The number of carbonyl (C=O) groups is 1. The van der Waals surface area contributed by atoms with Crippen LogP contribution >= 0.6 is 0 Å². The second kappa shape index (κ2) is 8.54. The van der Waals surface area contributed by atoms with Crippen molar-refractivity contribution in [2.45, 2.75) is 26.8 Å². The number of benzene rings is 1. The van der Waals surface area contributed by atoms with Gasteiger partial charge in [0.15, 0.2) is 0 Å². The van der Waals surface area contributed by atoms with Gasteiger partial charge in [-0.05, 0) is 30.5 Å². The van der Waals surface area contributed by atoms with Gasteiger partial charge in [0.05, 0.1) is 17.2 Å². The largest absolute Gasteiger partial charge is 0.381 e. The Morgan fingerprint density at radius 2 is 2.21 bits per heavy atom. The predicted octanol–water partition coefficient (Wildman–Crippen LogP) is 1.71. The maximum Gasteiger partial charge on any atom is 0.261 e. The molecule has 0 aliphatic heterocycles. The van der Waals surface area contributed by atoms with Crippen molar-refractivity contribution < 1.29 is 13.9 Å². The first-order chi connectivity index (χ1) is 11.5. The normalized spacial score (nSPS) is 11.2. The summed E-state index contributed by atoms with van der Waals surface area (Å²) in [7, 11) is 0. The summed E-state index contributed by atoms with van der Waals surface area (Å²) in [6.07, 6.45) is 2.00. The Balaban J connectivity index is 1.87. The van der Waals surface area contributed by atoms with E-state index >= 15 is 0 Å². The molecular weight excluding hydrogens is 313 g/mol. The molecule has 1 aromatic carbocycles. The van der Waals surface area contributed by atoms with Crippen LogP contribution in [-0.2, 0) is 16.1 Å². The van der Waals surface area contributed by atoms with Crippen molar-refractivity contribution in [3.05, 3.63) is 40.7 Å². The number of nitrogens with zero attached hydrogens (tertiary/aromatic N) is 2. The summed E-state index contributed by atoms with van der Waals surface area (Å²) < 4.78 is 19.9. The van der Waals surface area contributed by atoms with Gasteiger partial charge in [-0.3, -0.25) is 14.2 Å². The molecule has 0 atom stereocenters. The maximum atomic E-state index is 13.3. The Kier molecular flexibility index (Phi) is 6.43. The van der Waals surface area contributed by atoms with Crippen molar-refractivity contribution >= 4 is 16.8 Å². The number of rotatable bonds is 8. The number of halogens is 1. The summed E-state index contributed by atoms with van der Waals surface area (Å²) in [5.41, 5.74) is -0.0322. The lowest BCUT2D eigenvalue weighted by atomic mass is 10.2. The fourth-order valence-electron chi connectivity index (χ4n) is 2.18. The average Bonchev–Trinajstić information content (AvgIpc) is 2.53. The third-order valence-corrected chi connectivity index (χ3v) is 3.34. The molecule has 130 valence electrons. The monoisotopic (exact) mass is 335 g/mol. The van der Waals surface area contributed by atoms with Gasteiger partial charge < -0.3 is 10.1 Å². The average molecular weight is 335 g/mol. The highest BCUT2D eigenvalue weighted by molar-refractivity contribution is 5.78. The van der Waals surface area contributed by atoms with Crippen LogP contribution in [0.15, 0.2) is 29.3 Å². The number of carbonyl (C=O) groups excluding carboxylic acids is 1. The molecular formula is C17H22FN3O3. The highest BCUT2D eigenvalue weighted by atomic mass is 19.1. The van der Waals surface area contributed by atoms with Gasteiger partial charge in [0.1, 0.15) is 12.4 Å². The smallest absolute Gasteiger partial charge is 0.261 e. The Morgan fingerprint density at radius 3 is 2.96 bits per heavy atom. The molecule has 1 amide bonds. The molecule has 24 heavy (non-hydrogen) atoms. The van der Waals surface area contributed by atoms with E-state index in [0.717, 1.165) is 6.07 Å². The predicted molar refractivity (Wildman–Crippen MR) is 89.2 cm³/mol. The number of aromatic nitrogens is 2. The highest BCUT2D eigenvalue weighted by Gasteiger charge is 2.08. The van der Waals surface area contributed by atoms with Crippen molar-refractivity contribution in [2.75, 3.05) is 19.8 Å². The molecule has 0 bridgehead atoms. The standard InChI is InChI=1S/C17H22FN3O3/c1-12(2)10-24-7-3-6-19-16(22)9-21-11-20-15-5-4-13(18)8-14(15)17(21)23/h4-5,8,11-12H,3,6-7,9-10H2,1-2H3,(H,19,22). The quantitative estimate of drug-likeness (QED) is 0.746. The minimum absolute atomic E-state index is 0.148. The second-order valence-electron chi connectivity index (χ2n) is 6.01. The number of nitrogens with one attached hydrogen (secondary N) is 1. The van der Waals surface area contributed by atoms with Gasteiger partial charge in [-0.2, -0.15) is 0 Å². The molecule has 6 nitrogen and oxygen atoms in total. The van der Waals surface area contributed by atoms with Gasteiger partial charge in [0.2, 0.25) is 5.91 Å². The molecule has 2 rings (SSSR count). The zero-order valence-electron chi connectivity index (χ0n) is 13.9. The third kappa shape index (κ3) is 5.13. The molecule has 0 saturated carbocycles. The van der Waals surface area contributed by atoms with Crippen LogP contribution in [0.4, 0.5) is 4.39 Å². The van der Waals surface area contributed by atoms with Gasteiger partial charge in [0, 0.05) is 19.8 Å². The molecule has 0 aliphatic carbocycles. The Morgan fingerprint density at radius 1 is 1.42 bits per heavy atom. The minimum atomic E-state index is -0.509. The van der Waals surface area contributed by atoms with E-state index < -0.39 is 11.4 Å². The Bertz CT molecular complexity index is 758. The topological polar surface area (TPSA) is 73.2 Å². The molecule has 0 spiro atoms. The summed E-state index contributed by atoms with van der Waals surface area (Å²) in [4.78, 5) is 28.2. The van der Waals surface area contributed by atoms with Gasteiger partial charge >= 0.3 is 0 Å². The van der Waals surface area contributed by atoms with Crippen molar-refractivity contribution in [1.82, 2.24) is 14.9 Å². The molecule has 1 N–H and O–H groups in total. The molecule has 0 radical (unpaired) electrons. The summed E-state index contributed by atoms with van der Waals surface area (Å²) >= 11 is 0. The van der Waals surface area contributed by atoms with Gasteiger partial charge in [0.25, 0.3) is 5.56 Å². The van der Waals surface area contributed by atoms with E-state index in [0.29, 0.717) is 37.6 Å². The van der Waals surface area contributed by atoms with Gasteiger partial charge in [-0.25, -0.2) is 9.37 Å². The number of hydrogen-bond donors (Lipinski definition) is 1. The first-order valence-corrected chi connectivity index (χ1v) is 7.96. The molecule has 1 aromatic heterocycles. The number of ether oxygens (including phenoxy) is 1. The molecule has 2 aromatic rings. The molecule has 7 heteroatoms. The van der Waals surface area contributed by atoms with Crippen LogP contribution in [0.3, 0.4) is 0 Å². The Labute approximate surface area is 139 Å². The van der Waals surface area contributed by atoms with Crippen molar-refractivity contribution in [2.24, 2.45) is 5.92 Å². The zero-order valence-corrected chi connectivity index (χ0v) is 13.9. The summed E-state index contributed by atoms with van der Waals surface area (Å²) in [6.45, 7) is 5.75. The number of hydrogen-bond acceptors (Lipinski definition) is 4. The third-order valence-electron chi connectivity index (χ3n) is 3.34. The summed E-state index contributed by atoms with van der Waals surface area (Å²) in [5, 5.41) is 2.89.